The number of carbonyl (C=O) groups excluding carboxylic acids is 1. The van der Waals surface area contributed by atoms with Crippen LogP contribution in [0.1, 0.15) is 34.4 Å². The topological polar surface area (TPSA) is 29.5 Å². The van der Waals surface area contributed by atoms with Gasteiger partial charge in [-0.15, -0.1) is 11.3 Å². The SMILES string of the molecule is [2H]c1sc2c(c1[2H])CN(C(C(=O)OC([2H])([2H])[2H])c1c([2H])c([2H])c([2H])c([2H])c1Cl)CC2. The molecule has 1 aromatic carbocycles. The van der Waals surface area contributed by atoms with Crippen molar-refractivity contribution in [1.29, 1.82) is 0 Å². The average molecular weight is 331 g/mol. The molecule has 0 fully saturated rings. The van der Waals surface area contributed by atoms with Crippen LogP contribution in [0, 0.1) is 0 Å². The van der Waals surface area contributed by atoms with Crippen molar-refractivity contribution in [2.45, 2.75) is 19.0 Å². The molecule has 0 radical (unpaired) electrons. The number of benzene rings is 1. The number of ether oxygens (including phenoxy) is 1. The van der Waals surface area contributed by atoms with E-state index in [0.717, 1.165) is 16.2 Å². The molecular weight excluding hydrogens is 306 g/mol. The maximum absolute atomic E-state index is 12.9. The van der Waals surface area contributed by atoms with Crippen molar-refractivity contribution in [2.75, 3.05) is 13.6 Å². The Morgan fingerprint density at radius 3 is 3.24 bits per heavy atom. The Morgan fingerprint density at radius 1 is 1.52 bits per heavy atom. The van der Waals surface area contributed by atoms with Crippen molar-refractivity contribution in [3.8, 4) is 0 Å². The van der Waals surface area contributed by atoms with Gasteiger partial charge in [0.25, 0.3) is 0 Å². The number of hydrogen-bond donors (Lipinski definition) is 0. The molecule has 3 nitrogen and oxygen atoms in total. The van der Waals surface area contributed by atoms with Crippen molar-refractivity contribution in [3.05, 3.63) is 56.6 Å². The number of thiophene rings is 1. The number of nitrogens with zero attached hydrogens (tertiary/aromatic N) is 1. The summed E-state index contributed by atoms with van der Waals surface area (Å²) in [7, 11) is -3.06. The maximum atomic E-state index is 12.9. The molecule has 1 unspecified atom stereocenters. The van der Waals surface area contributed by atoms with E-state index in [1.165, 1.54) is 4.90 Å². The lowest BCUT2D eigenvalue weighted by molar-refractivity contribution is -0.147. The summed E-state index contributed by atoms with van der Waals surface area (Å²) in [5.74, 6) is -1.24. The Kier molecular flexibility index (Phi) is 2.14. The van der Waals surface area contributed by atoms with Crippen LogP contribution in [-0.4, -0.2) is 24.5 Å². The second kappa shape index (κ2) is 6.18. The molecule has 1 aliphatic rings. The molecule has 110 valence electrons. The highest BCUT2D eigenvalue weighted by Crippen LogP contribution is 2.33. The van der Waals surface area contributed by atoms with Crippen LogP contribution in [0.5, 0.6) is 0 Å². The molecule has 0 aliphatic carbocycles. The van der Waals surface area contributed by atoms with Gasteiger partial charge in [0.1, 0.15) is 6.04 Å². The van der Waals surface area contributed by atoms with Gasteiger partial charge in [-0.3, -0.25) is 4.90 Å². The quantitative estimate of drug-likeness (QED) is 0.804. The van der Waals surface area contributed by atoms with Gasteiger partial charge in [0.2, 0.25) is 0 Å². The van der Waals surface area contributed by atoms with Crippen LogP contribution in [0.4, 0.5) is 0 Å². The Hall–Kier alpha value is -1.36. The highest BCUT2D eigenvalue weighted by atomic mass is 35.5. The van der Waals surface area contributed by atoms with E-state index in [9.17, 15) is 4.79 Å². The molecule has 1 aromatic heterocycles. The average Bonchev–Trinajstić information content (AvgIpc) is 2.94. The zero-order valence-electron chi connectivity index (χ0n) is 19.7. The monoisotopic (exact) mass is 330 g/mol. The predicted octanol–water partition coefficient (Wildman–Crippen LogP) is 3.67. The van der Waals surface area contributed by atoms with Crippen LogP contribution in [0.25, 0.3) is 0 Å². The number of methoxy groups -OCH3 is 1. The van der Waals surface area contributed by atoms with Crippen molar-refractivity contribution < 1.29 is 21.9 Å². The summed E-state index contributed by atoms with van der Waals surface area (Å²) < 4.78 is 74.0. The Bertz CT molecular complexity index is 994. The summed E-state index contributed by atoms with van der Waals surface area (Å²) in [6.45, 7) is 0.218. The highest BCUT2D eigenvalue weighted by Gasteiger charge is 2.32. The van der Waals surface area contributed by atoms with Crippen LogP contribution >= 0.6 is 22.9 Å². The highest BCUT2D eigenvalue weighted by molar-refractivity contribution is 7.10. The summed E-state index contributed by atoms with van der Waals surface area (Å²) in [5, 5.41) is -0.333. The van der Waals surface area contributed by atoms with E-state index in [1.807, 2.05) is 0 Å². The minimum absolute atomic E-state index is 0.00335. The predicted molar refractivity (Wildman–Crippen MR) is 84.6 cm³/mol. The van der Waals surface area contributed by atoms with Gasteiger partial charge in [-0.25, -0.2) is 4.79 Å². The molecule has 2 heterocycles. The van der Waals surface area contributed by atoms with Crippen LogP contribution in [0.3, 0.4) is 0 Å². The molecule has 0 N–H and O–H groups in total. The Balaban J connectivity index is 2.14. The molecule has 21 heavy (non-hydrogen) atoms. The van der Waals surface area contributed by atoms with Crippen LogP contribution in [0.15, 0.2) is 35.6 Å². The molecule has 0 bridgehead atoms. The molecule has 3 rings (SSSR count). The van der Waals surface area contributed by atoms with Gasteiger partial charge in [-0.2, -0.15) is 0 Å². The first kappa shape index (κ1) is 7.27. The van der Waals surface area contributed by atoms with Crippen molar-refractivity contribution in [3.63, 3.8) is 0 Å². The third-order valence-electron chi connectivity index (χ3n) is 3.33. The Morgan fingerprint density at radius 2 is 2.38 bits per heavy atom. The number of fused-ring (bicyclic) bond motifs is 1. The number of carbonyl (C=O) groups is 1. The number of hydrogen-bond acceptors (Lipinski definition) is 4. The molecular formula is C16H16ClNO2S. The summed E-state index contributed by atoms with van der Waals surface area (Å²) in [5.41, 5.74) is 0.230. The largest absolute Gasteiger partial charge is 0.468 e. The molecule has 5 heteroatoms. The van der Waals surface area contributed by atoms with E-state index < -0.39 is 48.2 Å². The molecule has 0 saturated heterocycles. The van der Waals surface area contributed by atoms with Gasteiger partial charge in [0.05, 0.1) is 19.4 Å². The van der Waals surface area contributed by atoms with Crippen LogP contribution < -0.4 is 0 Å². The smallest absolute Gasteiger partial charge is 0.327 e. The maximum Gasteiger partial charge on any atom is 0.327 e. The lowest BCUT2D eigenvalue weighted by Gasteiger charge is -2.33. The summed E-state index contributed by atoms with van der Waals surface area (Å²) >= 11 is 7.35. The minimum Gasteiger partial charge on any atom is -0.468 e. The molecule has 1 aliphatic heterocycles. The summed E-state index contributed by atoms with van der Waals surface area (Å²) in [4.78, 5) is 15.1. The zero-order chi connectivity index (χ0) is 22.5. The first-order valence-electron chi connectivity index (χ1n) is 10.6. The van der Waals surface area contributed by atoms with Gasteiger partial charge >= 0.3 is 5.97 Å². The standard InChI is InChI=1S/C16H16ClNO2S/c1-20-16(19)15(12-4-2-3-5-13(12)17)18-8-6-14-11(10-18)7-9-21-14/h2-5,7,9,15H,6,8,10H2,1H3/i1D3,2D,3D,4D,5D,7D,9D. The molecule has 0 spiro atoms. The minimum atomic E-state index is -3.06. The lowest BCUT2D eigenvalue weighted by atomic mass is 10.0. The third kappa shape index (κ3) is 2.84. The first-order chi connectivity index (χ1) is 13.8. The van der Waals surface area contributed by atoms with Crippen LogP contribution in [-0.2, 0) is 22.5 Å². The van der Waals surface area contributed by atoms with Gasteiger partial charge in [-0.1, -0.05) is 29.7 Å². The van der Waals surface area contributed by atoms with Crippen molar-refractivity contribution in [2.24, 2.45) is 0 Å². The van der Waals surface area contributed by atoms with Gasteiger partial charge in [-0.05, 0) is 35.0 Å². The lowest BCUT2D eigenvalue weighted by Crippen LogP contribution is -2.38. The molecule has 2 aromatic rings. The van der Waals surface area contributed by atoms with Gasteiger partial charge in [0.15, 0.2) is 0 Å². The second-order valence-electron chi connectivity index (χ2n) is 4.50. The van der Waals surface area contributed by atoms with E-state index in [0.29, 0.717) is 12.0 Å². The van der Waals surface area contributed by atoms with Gasteiger partial charge in [0, 0.05) is 23.0 Å². The van der Waals surface area contributed by atoms with E-state index in [1.54, 1.807) is 0 Å². The third-order valence-corrected chi connectivity index (χ3v) is 4.53. The fourth-order valence-corrected chi connectivity index (χ4v) is 3.29. The van der Waals surface area contributed by atoms with Crippen molar-refractivity contribution >= 4 is 28.9 Å². The van der Waals surface area contributed by atoms with E-state index >= 15 is 0 Å². The number of halogens is 1. The second-order valence-corrected chi connectivity index (χ2v) is 5.78. The van der Waals surface area contributed by atoms with Crippen molar-refractivity contribution in [1.82, 2.24) is 4.90 Å². The number of rotatable bonds is 3. The fraction of sp³-hybridized carbons (Fsp3) is 0.312. The van der Waals surface area contributed by atoms with Gasteiger partial charge < -0.3 is 4.74 Å². The number of esters is 1. The summed E-state index contributed by atoms with van der Waals surface area (Å²) in [6, 6.07) is -3.85. The van der Waals surface area contributed by atoms with E-state index in [4.69, 9.17) is 23.9 Å². The van der Waals surface area contributed by atoms with Crippen LogP contribution in [0.2, 0.25) is 5.02 Å². The summed E-state index contributed by atoms with van der Waals surface area (Å²) in [6.07, 6.45) is 0.380. The normalized spacial score (nSPS) is 23.0. The fourth-order valence-electron chi connectivity index (χ4n) is 2.36. The molecule has 0 amide bonds. The first-order valence-corrected chi connectivity index (χ1v) is 7.33. The molecule has 0 saturated carbocycles. The zero-order valence-corrected chi connectivity index (χ0v) is 12.3. The Labute approximate surface area is 145 Å². The molecule has 1 atom stereocenters. The van der Waals surface area contributed by atoms with E-state index in [2.05, 4.69) is 4.74 Å². The van der Waals surface area contributed by atoms with E-state index in [-0.39, 0.29) is 30.1 Å².